The van der Waals surface area contributed by atoms with Crippen LogP contribution in [0.25, 0.3) is 0 Å². The van der Waals surface area contributed by atoms with Gasteiger partial charge in [-0.2, -0.15) is 9.57 Å². The van der Waals surface area contributed by atoms with E-state index in [4.69, 9.17) is 10.00 Å². The summed E-state index contributed by atoms with van der Waals surface area (Å²) in [5.74, 6) is 0.766. The first-order valence-corrected chi connectivity index (χ1v) is 8.21. The third kappa shape index (κ3) is 2.28. The lowest BCUT2D eigenvalue weighted by molar-refractivity contribution is 0.310. The van der Waals surface area contributed by atoms with Crippen LogP contribution in [0.3, 0.4) is 0 Å². The van der Waals surface area contributed by atoms with Gasteiger partial charge in [-0.3, -0.25) is 0 Å². The van der Waals surface area contributed by atoms with Crippen molar-refractivity contribution in [1.82, 2.24) is 4.31 Å². The van der Waals surface area contributed by atoms with Crippen molar-refractivity contribution in [2.45, 2.75) is 24.2 Å². The lowest BCUT2D eigenvalue weighted by atomic mass is 10.0. The summed E-state index contributed by atoms with van der Waals surface area (Å²) in [4.78, 5) is 0.331. The number of sulfonamides is 1. The molecule has 5 nitrogen and oxygen atoms in total. The first-order valence-electron chi connectivity index (χ1n) is 6.77. The molecule has 106 valence electrons. The Morgan fingerprint density at radius 1 is 1.30 bits per heavy atom. The lowest BCUT2D eigenvalue weighted by Gasteiger charge is -2.28. The predicted molar refractivity (Wildman–Crippen MR) is 72.7 cm³/mol. The molecule has 2 aliphatic heterocycles. The van der Waals surface area contributed by atoms with Crippen molar-refractivity contribution in [3.8, 4) is 11.8 Å². The molecule has 0 amide bonds. The minimum Gasteiger partial charge on any atom is -0.493 e. The topological polar surface area (TPSA) is 70.4 Å². The van der Waals surface area contributed by atoms with Gasteiger partial charge in [0.15, 0.2) is 0 Å². The van der Waals surface area contributed by atoms with Crippen molar-refractivity contribution in [3.63, 3.8) is 0 Å². The van der Waals surface area contributed by atoms with Gasteiger partial charge in [0.2, 0.25) is 10.0 Å². The molecule has 0 aromatic heterocycles. The Morgan fingerprint density at radius 3 is 2.75 bits per heavy atom. The Hall–Kier alpha value is -1.58. The summed E-state index contributed by atoms with van der Waals surface area (Å²) in [6, 6.07) is 7.27. The summed E-state index contributed by atoms with van der Waals surface area (Å²) in [5, 5.41) is 8.87. The molecule has 0 atom stereocenters. The van der Waals surface area contributed by atoms with Crippen LogP contribution in [0.1, 0.15) is 18.4 Å². The van der Waals surface area contributed by atoms with Gasteiger partial charge in [0.05, 0.1) is 17.6 Å². The van der Waals surface area contributed by atoms with E-state index in [0.29, 0.717) is 37.4 Å². The van der Waals surface area contributed by atoms with E-state index in [0.717, 1.165) is 17.7 Å². The maximum atomic E-state index is 12.6. The van der Waals surface area contributed by atoms with Gasteiger partial charge in [0, 0.05) is 25.4 Å². The second kappa shape index (κ2) is 5.08. The molecule has 0 radical (unpaired) electrons. The number of hydrogen-bond donors (Lipinski definition) is 0. The fraction of sp³-hybridized carbons (Fsp3) is 0.500. The second-order valence-corrected chi connectivity index (χ2v) is 7.11. The van der Waals surface area contributed by atoms with Crippen LogP contribution in [0, 0.1) is 17.2 Å². The number of fused-ring (bicyclic) bond motifs is 1. The predicted octanol–water partition coefficient (Wildman–Crippen LogP) is 1.55. The third-order valence-corrected chi connectivity index (χ3v) is 5.83. The third-order valence-electron chi connectivity index (χ3n) is 3.94. The van der Waals surface area contributed by atoms with Gasteiger partial charge in [0.1, 0.15) is 5.75 Å². The summed E-state index contributed by atoms with van der Waals surface area (Å²) in [6.45, 7) is 1.47. The Kier molecular flexibility index (Phi) is 3.40. The van der Waals surface area contributed by atoms with E-state index in [9.17, 15) is 8.42 Å². The molecular formula is C14H16N2O3S. The molecule has 1 saturated heterocycles. The first kappa shape index (κ1) is 13.4. The van der Waals surface area contributed by atoms with Crippen LogP contribution in [0.4, 0.5) is 0 Å². The number of hydrogen-bond acceptors (Lipinski definition) is 4. The summed E-state index contributed by atoms with van der Waals surface area (Å²) < 4.78 is 32.0. The fourth-order valence-corrected chi connectivity index (χ4v) is 4.22. The SMILES string of the molecule is N#CC1CCN(S(=O)(=O)c2ccc3c(c2)CCO3)CC1. The molecule has 20 heavy (non-hydrogen) atoms. The molecule has 2 aliphatic rings. The largest absolute Gasteiger partial charge is 0.493 e. The monoisotopic (exact) mass is 292 g/mol. The fourth-order valence-electron chi connectivity index (χ4n) is 2.70. The zero-order chi connectivity index (χ0) is 14.2. The second-order valence-electron chi connectivity index (χ2n) is 5.18. The van der Waals surface area contributed by atoms with Crippen molar-refractivity contribution < 1.29 is 13.2 Å². The molecule has 0 unspecified atom stereocenters. The van der Waals surface area contributed by atoms with E-state index in [-0.39, 0.29) is 5.92 Å². The van der Waals surface area contributed by atoms with Crippen molar-refractivity contribution >= 4 is 10.0 Å². The highest BCUT2D eigenvalue weighted by atomic mass is 32.2. The number of nitriles is 1. The molecule has 0 spiro atoms. The number of benzene rings is 1. The molecule has 1 fully saturated rings. The van der Waals surface area contributed by atoms with Crippen LogP contribution in [-0.4, -0.2) is 32.4 Å². The average Bonchev–Trinajstić information content (AvgIpc) is 2.94. The van der Waals surface area contributed by atoms with Crippen molar-refractivity contribution in [2.24, 2.45) is 5.92 Å². The number of nitrogens with zero attached hydrogens (tertiary/aromatic N) is 2. The highest BCUT2D eigenvalue weighted by molar-refractivity contribution is 7.89. The van der Waals surface area contributed by atoms with Gasteiger partial charge in [-0.05, 0) is 36.6 Å². The molecule has 2 heterocycles. The van der Waals surface area contributed by atoms with Crippen LogP contribution >= 0.6 is 0 Å². The highest BCUT2D eigenvalue weighted by Crippen LogP contribution is 2.30. The molecule has 0 N–H and O–H groups in total. The van der Waals surface area contributed by atoms with E-state index in [1.165, 1.54) is 4.31 Å². The average molecular weight is 292 g/mol. The molecular weight excluding hydrogens is 276 g/mol. The molecule has 1 aromatic rings. The minimum atomic E-state index is -3.45. The minimum absolute atomic E-state index is 0.0186. The molecule has 3 rings (SSSR count). The molecule has 6 heteroatoms. The van der Waals surface area contributed by atoms with Gasteiger partial charge in [-0.15, -0.1) is 0 Å². The summed E-state index contributed by atoms with van der Waals surface area (Å²) in [7, 11) is -3.45. The van der Waals surface area contributed by atoms with E-state index in [1.807, 2.05) is 0 Å². The Labute approximate surface area is 118 Å². The van der Waals surface area contributed by atoms with Gasteiger partial charge >= 0.3 is 0 Å². The summed E-state index contributed by atoms with van der Waals surface area (Å²) in [5.41, 5.74) is 0.956. The number of ether oxygens (including phenoxy) is 1. The van der Waals surface area contributed by atoms with Crippen LogP contribution in [0.2, 0.25) is 0 Å². The molecule has 0 aliphatic carbocycles. The van der Waals surface area contributed by atoms with Gasteiger partial charge in [0.25, 0.3) is 0 Å². The summed E-state index contributed by atoms with van der Waals surface area (Å²) in [6.07, 6.45) is 1.99. The van der Waals surface area contributed by atoms with Crippen molar-refractivity contribution in [1.29, 1.82) is 5.26 Å². The molecule has 0 saturated carbocycles. The molecule has 1 aromatic carbocycles. The zero-order valence-electron chi connectivity index (χ0n) is 11.1. The van der Waals surface area contributed by atoms with Crippen LogP contribution < -0.4 is 4.74 Å². The van der Waals surface area contributed by atoms with Gasteiger partial charge < -0.3 is 4.74 Å². The number of rotatable bonds is 2. The maximum absolute atomic E-state index is 12.6. The van der Waals surface area contributed by atoms with Crippen molar-refractivity contribution in [3.05, 3.63) is 23.8 Å². The first-order chi connectivity index (χ1) is 9.61. The van der Waals surface area contributed by atoms with Crippen LogP contribution in [0.15, 0.2) is 23.1 Å². The Bertz CT molecular complexity index is 655. The van der Waals surface area contributed by atoms with E-state index < -0.39 is 10.0 Å². The highest BCUT2D eigenvalue weighted by Gasteiger charge is 2.30. The summed E-state index contributed by atoms with van der Waals surface area (Å²) >= 11 is 0. The van der Waals surface area contributed by atoms with Crippen LogP contribution in [0.5, 0.6) is 5.75 Å². The van der Waals surface area contributed by atoms with E-state index in [1.54, 1.807) is 18.2 Å². The van der Waals surface area contributed by atoms with Crippen LogP contribution in [-0.2, 0) is 16.4 Å². The maximum Gasteiger partial charge on any atom is 0.243 e. The molecule has 0 bridgehead atoms. The smallest absolute Gasteiger partial charge is 0.243 e. The lowest BCUT2D eigenvalue weighted by Crippen LogP contribution is -2.38. The van der Waals surface area contributed by atoms with E-state index >= 15 is 0 Å². The standard InChI is InChI=1S/C14H16N2O3S/c15-10-11-3-6-16(7-4-11)20(17,18)13-1-2-14-12(9-13)5-8-19-14/h1-2,9,11H,3-8H2. The Balaban J connectivity index is 1.84. The van der Waals surface area contributed by atoms with Gasteiger partial charge in [-0.1, -0.05) is 0 Å². The van der Waals surface area contributed by atoms with E-state index in [2.05, 4.69) is 6.07 Å². The Morgan fingerprint density at radius 2 is 2.05 bits per heavy atom. The normalized spacial score (nSPS) is 20.1. The van der Waals surface area contributed by atoms with Crippen molar-refractivity contribution in [2.75, 3.05) is 19.7 Å². The zero-order valence-corrected chi connectivity index (χ0v) is 11.9. The quantitative estimate of drug-likeness (QED) is 0.829. The van der Waals surface area contributed by atoms with Gasteiger partial charge in [-0.25, -0.2) is 8.42 Å². The number of piperidine rings is 1.